The lowest BCUT2D eigenvalue weighted by Gasteiger charge is -2.16. The van der Waals surface area contributed by atoms with E-state index in [4.69, 9.17) is 10.5 Å². The van der Waals surface area contributed by atoms with E-state index in [0.29, 0.717) is 17.5 Å². The molecule has 0 aliphatic rings. The SMILES string of the molecule is COc1cnn(C)c1C(N)c1ccc(F)c(C(F)(F)F)c1. The van der Waals surface area contributed by atoms with E-state index in [1.54, 1.807) is 7.05 Å². The zero-order valence-electron chi connectivity index (χ0n) is 11.3. The average molecular weight is 303 g/mol. The molecule has 1 aromatic carbocycles. The molecule has 2 aromatic rings. The van der Waals surface area contributed by atoms with Crippen molar-refractivity contribution >= 4 is 0 Å². The van der Waals surface area contributed by atoms with Crippen molar-refractivity contribution in [2.75, 3.05) is 7.11 Å². The van der Waals surface area contributed by atoms with Gasteiger partial charge in [0, 0.05) is 7.05 Å². The summed E-state index contributed by atoms with van der Waals surface area (Å²) in [6, 6.07) is 1.74. The minimum atomic E-state index is -4.78. The van der Waals surface area contributed by atoms with E-state index in [-0.39, 0.29) is 5.56 Å². The summed E-state index contributed by atoms with van der Waals surface area (Å²) in [4.78, 5) is 0. The molecule has 0 saturated heterocycles. The largest absolute Gasteiger partial charge is 0.493 e. The zero-order chi connectivity index (χ0) is 15.8. The molecule has 1 heterocycles. The highest BCUT2D eigenvalue weighted by Gasteiger charge is 2.35. The first-order chi connectivity index (χ1) is 9.75. The number of hydrogen-bond acceptors (Lipinski definition) is 3. The van der Waals surface area contributed by atoms with E-state index in [2.05, 4.69) is 5.10 Å². The predicted octanol–water partition coefficient (Wildman–Crippen LogP) is 2.63. The maximum absolute atomic E-state index is 13.3. The van der Waals surface area contributed by atoms with Gasteiger partial charge in [-0.1, -0.05) is 6.07 Å². The number of hydrogen-bond donors (Lipinski definition) is 1. The Morgan fingerprint density at radius 3 is 2.57 bits per heavy atom. The van der Waals surface area contributed by atoms with Gasteiger partial charge in [0.05, 0.1) is 24.9 Å². The number of methoxy groups -OCH3 is 1. The van der Waals surface area contributed by atoms with Crippen LogP contribution in [0.15, 0.2) is 24.4 Å². The number of aromatic nitrogens is 2. The fourth-order valence-electron chi connectivity index (χ4n) is 2.05. The van der Waals surface area contributed by atoms with Gasteiger partial charge >= 0.3 is 6.18 Å². The minimum Gasteiger partial charge on any atom is -0.493 e. The quantitative estimate of drug-likeness (QED) is 0.887. The van der Waals surface area contributed by atoms with E-state index >= 15 is 0 Å². The molecule has 21 heavy (non-hydrogen) atoms. The maximum atomic E-state index is 13.3. The lowest BCUT2D eigenvalue weighted by molar-refractivity contribution is -0.140. The normalized spacial score (nSPS) is 13.3. The van der Waals surface area contributed by atoms with Gasteiger partial charge in [0.15, 0.2) is 5.75 Å². The molecule has 114 valence electrons. The van der Waals surface area contributed by atoms with Crippen LogP contribution in [-0.2, 0) is 13.2 Å². The van der Waals surface area contributed by atoms with Gasteiger partial charge in [-0.3, -0.25) is 4.68 Å². The average Bonchev–Trinajstić information content (AvgIpc) is 2.78. The van der Waals surface area contributed by atoms with Crippen LogP contribution < -0.4 is 10.5 Å². The van der Waals surface area contributed by atoms with Gasteiger partial charge in [0.1, 0.15) is 11.5 Å². The summed E-state index contributed by atoms with van der Waals surface area (Å²) in [5.74, 6) is -0.988. The Balaban J connectivity index is 2.49. The van der Waals surface area contributed by atoms with Crippen molar-refractivity contribution in [3.8, 4) is 5.75 Å². The van der Waals surface area contributed by atoms with Crippen molar-refractivity contribution in [2.45, 2.75) is 12.2 Å². The van der Waals surface area contributed by atoms with Crippen LogP contribution in [-0.4, -0.2) is 16.9 Å². The van der Waals surface area contributed by atoms with Crippen LogP contribution in [0.5, 0.6) is 5.75 Å². The first-order valence-corrected chi connectivity index (χ1v) is 5.93. The van der Waals surface area contributed by atoms with E-state index in [9.17, 15) is 17.6 Å². The van der Waals surface area contributed by atoms with Crippen molar-refractivity contribution in [1.29, 1.82) is 0 Å². The van der Waals surface area contributed by atoms with Crippen LogP contribution in [0.2, 0.25) is 0 Å². The topological polar surface area (TPSA) is 53.1 Å². The van der Waals surface area contributed by atoms with E-state index < -0.39 is 23.6 Å². The Hall–Kier alpha value is -2.09. The number of aryl methyl sites for hydroxylation is 1. The highest BCUT2D eigenvalue weighted by Crippen LogP contribution is 2.34. The molecule has 1 unspecified atom stereocenters. The standard InChI is InChI=1S/C13H13F4N3O/c1-20-12(10(21-2)6-19-20)11(18)7-3-4-9(14)8(5-7)13(15,16)17/h3-6,11H,18H2,1-2H3. The molecule has 1 aromatic heterocycles. The first-order valence-electron chi connectivity index (χ1n) is 5.93. The molecule has 0 spiro atoms. The second-order valence-electron chi connectivity index (χ2n) is 4.44. The molecule has 1 atom stereocenters. The Morgan fingerprint density at radius 2 is 2.00 bits per heavy atom. The van der Waals surface area contributed by atoms with Crippen LogP contribution in [0.1, 0.15) is 22.9 Å². The smallest absolute Gasteiger partial charge is 0.419 e. The van der Waals surface area contributed by atoms with Crippen molar-refractivity contribution < 1.29 is 22.3 Å². The molecule has 2 rings (SSSR count). The Morgan fingerprint density at radius 1 is 1.33 bits per heavy atom. The van der Waals surface area contributed by atoms with Crippen LogP contribution in [0.4, 0.5) is 17.6 Å². The minimum absolute atomic E-state index is 0.116. The second-order valence-corrected chi connectivity index (χ2v) is 4.44. The molecule has 2 N–H and O–H groups in total. The fraction of sp³-hybridized carbons (Fsp3) is 0.308. The van der Waals surface area contributed by atoms with Gasteiger partial charge in [-0.25, -0.2) is 4.39 Å². The van der Waals surface area contributed by atoms with Crippen LogP contribution in [0.3, 0.4) is 0 Å². The maximum Gasteiger partial charge on any atom is 0.419 e. The number of nitrogens with zero attached hydrogens (tertiary/aromatic N) is 2. The fourth-order valence-corrected chi connectivity index (χ4v) is 2.05. The number of ether oxygens (including phenoxy) is 1. The van der Waals surface area contributed by atoms with Crippen LogP contribution in [0.25, 0.3) is 0 Å². The summed E-state index contributed by atoms with van der Waals surface area (Å²) in [6.07, 6.45) is -3.38. The van der Waals surface area contributed by atoms with Gasteiger partial charge in [0.2, 0.25) is 0 Å². The molecular weight excluding hydrogens is 290 g/mol. The molecule has 0 radical (unpaired) electrons. The van der Waals surface area contributed by atoms with E-state index in [1.165, 1.54) is 24.1 Å². The van der Waals surface area contributed by atoms with Crippen LogP contribution in [0, 0.1) is 5.82 Å². The molecule has 0 fully saturated rings. The summed E-state index contributed by atoms with van der Waals surface area (Å²) in [5.41, 5.74) is 5.14. The third-order valence-electron chi connectivity index (χ3n) is 3.12. The highest BCUT2D eigenvalue weighted by molar-refractivity contribution is 5.38. The summed E-state index contributed by atoms with van der Waals surface area (Å²) in [5, 5.41) is 3.94. The second kappa shape index (κ2) is 5.36. The number of nitrogens with two attached hydrogens (primary N) is 1. The Bertz CT molecular complexity index is 651. The van der Waals surface area contributed by atoms with E-state index in [0.717, 1.165) is 6.07 Å². The molecule has 8 heteroatoms. The summed E-state index contributed by atoms with van der Waals surface area (Å²) >= 11 is 0. The van der Waals surface area contributed by atoms with Crippen molar-refractivity contribution in [3.63, 3.8) is 0 Å². The van der Waals surface area contributed by atoms with Gasteiger partial charge in [-0.05, 0) is 17.7 Å². The Kier molecular flexibility index (Phi) is 3.91. The predicted molar refractivity (Wildman–Crippen MR) is 67.2 cm³/mol. The molecule has 0 aliphatic heterocycles. The van der Waals surface area contributed by atoms with E-state index in [1.807, 2.05) is 0 Å². The van der Waals surface area contributed by atoms with Gasteiger partial charge in [0.25, 0.3) is 0 Å². The summed E-state index contributed by atoms with van der Waals surface area (Å²) in [6.45, 7) is 0. The number of halogens is 4. The van der Waals surface area contributed by atoms with Gasteiger partial charge < -0.3 is 10.5 Å². The van der Waals surface area contributed by atoms with Crippen molar-refractivity contribution in [3.05, 3.63) is 47.0 Å². The summed E-state index contributed by atoms with van der Waals surface area (Å²) < 4.78 is 58.0. The molecule has 0 saturated carbocycles. The molecule has 0 bridgehead atoms. The third-order valence-corrected chi connectivity index (χ3v) is 3.12. The van der Waals surface area contributed by atoms with Crippen LogP contribution >= 0.6 is 0 Å². The van der Waals surface area contributed by atoms with Gasteiger partial charge in [-0.2, -0.15) is 18.3 Å². The summed E-state index contributed by atoms with van der Waals surface area (Å²) in [7, 11) is 2.99. The van der Waals surface area contributed by atoms with Crippen molar-refractivity contribution in [1.82, 2.24) is 9.78 Å². The highest BCUT2D eigenvalue weighted by atomic mass is 19.4. The number of rotatable bonds is 3. The zero-order valence-corrected chi connectivity index (χ0v) is 11.3. The molecular formula is C13H13F4N3O. The third kappa shape index (κ3) is 2.85. The monoisotopic (exact) mass is 303 g/mol. The Labute approximate surface area is 118 Å². The van der Waals surface area contributed by atoms with Crippen molar-refractivity contribution in [2.24, 2.45) is 12.8 Å². The lowest BCUT2D eigenvalue weighted by atomic mass is 10.0. The first kappa shape index (κ1) is 15.3. The van der Waals surface area contributed by atoms with Gasteiger partial charge in [-0.15, -0.1) is 0 Å². The molecule has 0 amide bonds. The lowest BCUT2D eigenvalue weighted by Crippen LogP contribution is -2.18. The molecule has 4 nitrogen and oxygen atoms in total. The number of benzene rings is 1. The molecule has 0 aliphatic carbocycles. The number of alkyl halides is 3.